The lowest BCUT2D eigenvalue weighted by Crippen LogP contribution is -2.30. The normalized spacial score (nSPS) is 12.5. The predicted octanol–water partition coefficient (Wildman–Crippen LogP) is 2.14. The summed E-state index contributed by atoms with van der Waals surface area (Å²) in [6.07, 6.45) is 1.41. The second-order valence-electron chi connectivity index (χ2n) is 4.54. The van der Waals surface area contributed by atoms with E-state index in [1.165, 1.54) is 0 Å². The third kappa shape index (κ3) is 3.68. The van der Waals surface area contributed by atoms with Crippen LogP contribution in [0.4, 0.5) is 4.39 Å². The Balaban J connectivity index is 2.92. The summed E-state index contributed by atoms with van der Waals surface area (Å²) < 4.78 is 19.3. The number of esters is 1. The van der Waals surface area contributed by atoms with E-state index in [9.17, 15) is 14.0 Å². The van der Waals surface area contributed by atoms with Gasteiger partial charge in [0.25, 0.3) is 5.56 Å². The second kappa shape index (κ2) is 6.33. The van der Waals surface area contributed by atoms with Gasteiger partial charge < -0.3 is 4.74 Å². The molecule has 0 fully saturated rings. The molecule has 5 heteroatoms. The number of nitrogens with zero attached hydrogens (tertiary/aromatic N) is 1. The maximum absolute atomic E-state index is 13.1. The van der Waals surface area contributed by atoms with Gasteiger partial charge in [-0.15, -0.1) is 0 Å². The molecular formula is C13H18FNO3. The van der Waals surface area contributed by atoms with E-state index in [0.717, 1.165) is 22.9 Å². The molecule has 0 bridgehead atoms. The molecule has 0 aliphatic rings. The van der Waals surface area contributed by atoms with Crippen molar-refractivity contribution in [3.8, 4) is 0 Å². The van der Waals surface area contributed by atoms with Crippen LogP contribution < -0.4 is 5.56 Å². The quantitative estimate of drug-likeness (QED) is 0.757. The zero-order valence-corrected chi connectivity index (χ0v) is 10.9. The van der Waals surface area contributed by atoms with Crippen LogP contribution in [0.1, 0.15) is 33.2 Å². The van der Waals surface area contributed by atoms with Crippen LogP contribution in [0.2, 0.25) is 0 Å². The standard InChI is InChI=1S/C13H18FNO3/c1-4-11(13(17)18-8-9(2)3)15-7-10(14)5-6-12(15)16/h5-7,9,11H,4,8H2,1-3H3. The molecule has 0 aromatic carbocycles. The molecule has 0 N–H and O–H groups in total. The summed E-state index contributed by atoms with van der Waals surface area (Å²) in [5.41, 5.74) is -0.412. The van der Waals surface area contributed by atoms with Crippen LogP contribution in [0.5, 0.6) is 0 Å². The average molecular weight is 255 g/mol. The van der Waals surface area contributed by atoms with Gasteiger partial charge in [-0.3, -0.25) is 9.36 Å². The molecule has 4 nitrogen and oxygen atoms in total. The van der Waals surface area contributed by atoms with Crippen molar-refractivity contribution < 1.29 is 13.9 Å². The van der Waals surface area contributed by atoms with Gasteiger partial charge in [0, 0.05) is 12.3 Å². The van der Waals surface area contributed by atoms with Crippen LogP contribution >= 0.6 is 0 Å². The summed E-state index contributed by atoms with van der Waals surface area (Å²) >= 11 is 0. The highest BCUT2D eigenvalue weighted by molar-refractivity contribution is 5.74. The van der Waals surface area contributed by atoms with Crippen molar-refractivity contribution in [1.82, 2.24) is 4.57 Å². The number of aromatic nitrogens is 1. The lowest BCUT2D eigenvalue weighted by molar-refractivity contribution is -0.149. The summed E-state index contributed by atoms with van der Waals surface area (Å²) in [6, 6.07) is 1.41. The molecule has 0 radical (unpaired) electrons. The van der Waals surface area contributed by atoms with E-state index >= 15 is 0 Å². The summed E-state index contributed by atoms with van der Waals surface area (Å²) in [5.74, 6) is -0.834. The third-order valence-electron chi connectivity index (χ3n) is 2.46. The maximum atomic E-state index is 13.1. The smallest absolute Gasteiger partial charge is 0.329 e. The van der Waals surface area contributed by atoms with Gasteiger partial charge in [0.2, 0.25) is 0 Å². The number of halogens is 1. The van der Waals surface area contributed by atoms with Gasteiger partial charge in [-0.05, 0) is 18.4 Å². The zero-order valence-electron chi connectivity index (χ0n) is 10.9. The first-order chi connectivity index (χ1) is 8.45. The Kier molecular flexibility index (Phi) is 5.07. The van der Waals surface area contributed by atoms with Crippen molar-refractivity contribution in [3.63, 3.8) is 0 Å². The second-order valence-corrected chi connectivity index (χ2v) is 4.54. The molecule has 0 saturated heterocycles. The molecule has 1 unspecified atom stereocenters. The third-order valence-corrected chi connectivity index (χ3v) is 2.46. The highest BCUT2D eigenvalue weighted by atomic mass is 19.1. The van der Waals surface area contributed by atoms with E-state index in [2.05, 4.69) is 0 Å². The minimum Gasteiger partial charge on any atom is -0.464 e. The van der Waals surface area contributed by atoms with Gasteiger partial charge >= 0.3 is 5.97 Å². The summed E-state index contributed by atoms with van der Waals surface area (Å²) in [4.78, 5) is 23.4. The Hall–Kier alpha value is -1.65. The molecule has 1 aromatic heterocycles. The molecule has 1 rings (SSSR count). The number of ether oxygens (including phenoxy) is 1. The topological polar surface area (TPSA) is 48.3 Å². The van der Waals surface area contributed by atoms with E-state index in [-0.39, 0.29) is 5.92 Å². The minimum absolute atomic E-state index is 0.218. The molecule has 0 amide bonds. The number of carbonyl (C=O) groups is 1. The molecule has 100 valence electrons. The van der Waals surface area contributed by atoms with Crippen LogP contribution in [0.15, 0.2) is 23.1 Å². The fourth-order valence-corrected chi connectivity index (χ4v) is 1.54. The van der Waals surface area contributed by atoms with Crippen LogP contribution in [-0.2, 0) is 9.53 Å². The number of carbonyl (C=O) groups excluding carboxylic acids is 1. The highest BCUT2D eigenvalue weighted by Gasteiger charge is 2.21. The number of hydrogen-bond acceptors (Lipinski definition) is 3. The monoisotopic (exact) mass is 255 g/mol. The molecule has 1 atom stereocenters. The van der Waals surface area contributed by atoms with Gasteiger partial charge in [-0.2, -0.15) is 0 Å². The zero-order chi connectivity index (χ0) is 13.7. The summed E-state index contributed by atoms with van der Waals surface area (Å²) in [7, 11) is 0. The van der Waals surface area contributed by atoms with Gasteiger partial charge in [-0.25, -0.2) is 9.18 Å². The SMILES string of the molecule is CCC(C(=O)OCC(C)C)n1cc(F)ccc1=O. The molecule has 0 aliphatic heterocycles. The van der Waals surface area contributed by atoms with Gasteiger partial charge in [-0.1, -0.05) is 20.8 Å². The van der Waals surface area contributed by atoms with E-state index < -0.39 is 23.4 Å². The number of pyridine rings is 1. The Morgan fingerprint density at radius 1 is 1.44 bits per heavy atom. The Labute approximate surface area is 105 Å². The first-order valence-corrected chi connectivity index (χ1v) is 6.00. The maximum Gasteiger partial charge on any atom is 0.329 e. The predicted molar refractivity (Wildman–Crippen MR) is 65.8 cm³/mol. The summed E-state index contributed by atoms with van der Waals surface area (Å²) in [6.45, 7) is 5.88. The lowest BCUT2D eigenvalue weighted by Gasteiger charge is -2.17. The van der Waals surface area contributed by atoms with Crippen LogP contribution in [-0.4, -0.2) is 17.1 Å². The van der Waals surface area contributed by atoms with Crippen LogP contribution in [0, 0.1) is 11.7 Å². The van der Waals surface area contributed by atoms with Crippen molar-refractivity contribution in [2.24, 2.45) is 5.92 Å². The highest BCUT2D eigenvalue weighted by Crippen LogP contribution is 2.12. The minimum atomic E-state index is -0.771. The molecule has 18 heavy (non-hydrogen) atoms. The Bertz CT molecular complexity index is 468. The van der Waals surface area contributed by atoms with Crippen molar-refractivity contribution in [3.05, 3.63) is 34.5 Å². The number of hydrogen-bond donors (Lipinski definition) is 0. The average Bonchev–Trinajstić information content (AvgIpc) is 2.32. The van der Waals surface area contributed by atoms with Crippen molar-refractivity contribution in [2.45, 2.75) is 33.2 Å². The molecule has 0 spiro atoms. The van der Waals surface area contributed by atoms with Crippen LogP contribution in [0.25, 0.3) is 0 Å². The molecule has 0 aliphatic carbocycles. The van der Waals surface area contributed by atoms with Gasteiger partial charge in [0.05, 0.1) is 6.61 Å². The Morgan fingerprint density at radius 3 is 2.67 bits per heavy atom. The first kappa shape index (κ1) is 14.4. The van der Waals surface area contributed by atoms with Gasteiger partial charge in [0.1, 0.15) is 11.9 Å². The molecule has 0 saturated carbocycles. The van der Waals surface area contributed by atoms with Crippen molar-refractivity contribution in [1.29, 1.82) is 0 Å². The molecule has 1 aromatic rings. The first-order valence-electron chi connectivity index (χ1n) is 6.00. The van der Waals surface area contributed by atoms with Crippen molar-refractivity contribution in [2.75, 3.05) is 6.61 Å². The Morgan fingerprint density at radius 2 is 2.11 bits per heavy atom. The van der Waals surface area contributed by atoms with E-state index in [1.54, 1.807) is 6.92 Å². The number of rotatable bonds is 5. The summed E-state index contributed by atoms with van der Waals surface area (Å²) in [5, 5.41) is 0. The van der Waals surface area contributed by atoms with Gasteiger partial charge in [0.15, 0.2) is 0 Å². The fourth-order valence-electron chi connectivity index (χ4n) is 1.54. The molecular weight excluding hydrogens is 237 g/mol. The largest absolute Gasteiger partial charge is 0.464 e. The molecule has 1 heterocycles. The van der Waals surface area contributed by atoms with E-state index in [4.69, 9.17) is 4.74 Å². The fraction of sp³-hybridized carbons (Fsp3) is 0.538. The lowest BCUT2D eigenvalue weighted by atomic mass is 10.2. The van der Waals surface area contributed by atoms with Crippen molar-refractivity contribution >= 4 is 5.97 Å². The van der Waals surface area contributed by atoms with Crippen LogP contribution in [0.3, 0.4) is 0 Å². The van der Waals surface area contributed by atoms with E-state index in [0.29, 0.717) is 13.0 Å². The van der Waals surface area contributed by atoms with E-state index in [1.807, 2.05) is 13.8 Å².